The zero-order chi connectivity index (χ0) is 18.6. The molecule has 2 rings (SSSR count). The lowest BCUT2D eigenvalue weighted by atomic mass is 10.2. The highest BCUT2D eigenvalue weighted by Gasteiger charge is 2.49. The molecule has 1 aromatic carbocycles. The number of carbonyl (C=O) groups is 2. The van der Waals surface area contributed by atoms with Gasteiger partial charge in [-0.3, -0.25) is 9.59 Å². The van der Waals surface area contributed by atoms with Crippen molar-refractivity contribution in [2.24, 2.45) is 11.8 Å². The maximum atomic E-state index is 12.7. The topological polar surface area (TPSA) is 49.4 Å². The quantitative estimate of drug-likeness (QED) is 0.805. The number of alkyl halides is 3. The first-order chi connectivity index (χ1) is 11.8. The molecule has 2 amide bonds. The van der Waals surface area contributed by atoms with Gasteiger partial charge in [0.25, 0.3) is 0 Å². The second-order valence-corrected chi connectivity index (χ2v) is 6.34. The molecule has 1 aliphatic carbocycles. The number of rotatable bonds is 7. The van der Waals surface area contributed by atoms with Crippen molar-refractivity contribution in [3.05, 3.63) is 29.8 Å². The van der Waals surface area contributed by atoms with Gasteiger partial charge in [0, 0.05) is 18.8 Å². The summed E-state index contributed by atoms with van der Waals surface area (Å²) in [5.74, 6) is -1.25. The lowest BCUT2D eigenvalue weighted by Gasteiger charge is -2.21. The Morgan fingerprint density at radius 2 is 1.80 bits per heavy atom. The summed E-state index contributed by atoms with van der Waals surface area (Å²) in [5.41, 5.74) is -0.720. The van der Waals surface area contributed by atoms with Gasteiger partial charge in [0.1, 0.15) is 0 Å². The summed E-state index contributed by atoms with van der Waals surface area (Å²) in [6.07, 6.45) is -2.31. The number of halogens is 3. The van der Waals surface area contributed by atoms with Gasteiger partial charge in [0.05, 0.1) is 17.4 Å². The van der Waals surface area contributed by atoms with Gasteiger partial charge >= 0.3 is 6.18 Å². The summed E-state index contributed by atoms with van der Waals surface area (Å²) >= 11 is 0. The van der Waals surface area contributed by atoms with E-state index in [0.717, 1.165) is 25.0 Å². The third-order valence-electron chi connectivity index (χ3n) is 4.20. The predicted molar refractivity (Wildman–Crippen MR) is 88.8 cm³/mol. The fourth-order valence-corrected chi connectivity index (χ4v) is 2.87. The Hall–Kier alpha value is -2.05. The lowest BCUT2D eigenvalue weighted by molar-refractivity contribution is -0.137. The molecule has 0 saturated heterocycles. The van der Waals surface area contributed by atoms with Crippen molar-refractivity contribution in [2.45, 2.75) is 39.3 Å². The van der Waals surface area contributed by atoms with Crippen LogP contribution in [0.1, 0.15) is 38.7 Å². The van der Waals surface area contributed by atoms with Crippen LogP contribution in [0.4, 0.5) is 18.9 Å². The summed E-state index contributed by atoms with van der Waals surface area (Å²) in [7, 11) is 0. The van der Waals surface area contributed by atoms with Gasteiger partial charge in [-0.15, -0.1) is 0 Å². The maximum Gasteiger partial charge on any atom is 0.416 e. The molecule has 0 aliphatic heterocycles. The van der Waals surface area contributed by atoms with Crippen LogP contribution in [-0.4, -0.2) is 29.8 Å². The molecule has 2 unspecified atom stereocenters. The molecule has 1 saturated carbocycles. The second kappa shape index (κ2) is 7.89. The highest BCUT2D eigenvalue weighted by molar-refractivity contribution is 5.99. The molecule has 0 radical (unpaired) electrons. The molecule has 2 atom stereocenters. The van der Waals surface area contributed by atoms with Crippen LogP contribution < -0.4 is 5.32 Å². The van der Waals surface area contributed by atoms with E-state index in [0.29, 0.717) is 19.5 Å². The molecular weight excluding hydrogens is 333 g/mol. The third kappa shape index (κ3) is 4.96. The number of hydrogen-bond donors (Lipinski definition) is 1. The number of carbonyl (C=O) groups excluding carboxylic acids is 2. The van der Waals surface area contributed by atoms with Crippen molar-refractivity contribution < 1.29 is 22.8 Å². The number of nitrogens with one attached hydrogen (secondary N) is 1. The molecule has 0 aromatic heterocycles. The Kier molecular flexibility index (Phi) is 6.08. The van der Waals surface area contributed by atoms with Crippen LogP contribution in [0.15, 0.2) is 24.3 Å². The van der Waals surface area contributed by atoms with E-state index in [1.807, 2.05) is 13.8 Å². The summed E-state index contributed by atoms with van der Waals surface area (Å²) in [6.45, 7) is 5.29. The Labute approximate surface area is 145 Å². The van der Waals surface area contributed by atoms with E-state index in [-0.39, 0.29) is 17.5 Å². The molecule has 138 valence electrons. The van der Waals surface area contributed by atoms with Crippen molar-refractivity contribution in [1.82, 2.24) is 4.90 Å². The zero-order valence-electron chi connectivity index (χ0n) is 14.4. The fourth-order valence-electron chi connectivity index (χ4n) is 2.87. The molecule has 1 aromatic rings. The number of hydrogen-bond acceptors (Lipinski definition) is 2. The minimum Gasteiger partial charge on any atom is -0.342 e. The van der Waals surface area contributed by atoms with Gasteiger partial charge in [-0.05, 0) is 37.5 Å². The van der Waals surface area contributed by atoms with Gasteiger partial charge in [0.2, 0.25) is 11.8 Å². The molecule has 0 heterocycles. The maximum absolute atomic E-state index is 12.7. The van der Waals surface area contributed by atoms with Crippen LogP contribution in [0, 0.1) is 11.8 Å². The van der Waals surface area contributed by atoms with Crippen molar-refractivity contribution in [3.63, 3.8) is 0 Å². The molecule has 25 heavy (non-hydrogen) atoms. The van der Waals surface area contributed by atoms with E-state index < -0.39 is 23.6 Å². The Morgan fingerprint density at radius 3 is 2.36 bits per heavy atom. The number of nitrogens with zero attached hydrogens (tertiary/aromatic N) is 1. The van der Waals surface area contributed by atoms with Crippen LogP contribution in [-0.2, 0) is 15.8 Å². The predicted octanol–water partition coefficient (Wildman–Crippen LogP) is 3.93. The second-order valence-electron chi connectivity index (χ2n) is 6.34. The van der Waals surface area contributed by atoms with Crippen molar-refractivity contribution in [2.75, 3.05) is 18.4 Å². The summed E-state index contributed by atoms with van der Waals surface area (Å²) < 4.78 is 38.1. The summed E-state index contributed by atoms with van der Waals surface area (Å²) in [4.78, 5) is 26.4. The molecular formula is C18H23F3N2O2. The highest BCUT2D eigenvalue weighted by atomic mass is 19.4. The van der Waals surface area contributed by atoms with Crippen molar-refractivity contribution >= 4 is 17.5 Å². The first-order valence-corrected chi connectivity index (χ1v) is 8.54. The molecule has 1 N–H and O–H groups in total. The third-order valence-corrected chi connectivity index (χ3v) is 4.20. The largest absolute Gasteiger partial charge is 0.416 e. The average Bonchev–Trinajstić information content (AvgIpc) is 3.34. The number of benzene rings is 1. The van der Waals surface area contributed by atoms with Crippen molar-refractivity contribution in [3.8, 4) is 0 Å². The van der Waals surface area contributed by atoms with E-state index in [9.17, 15) is 22.8 Å². The van der Waals surface area contributed by atoms with Crippen LogP contribution in [0.5, 0.6) is 0 Å². The summed E-state index contributed by atoms with van der Waals surface area (Å²) in [6, 6.07) is 4.51. The Balaban J connectivity index is 1.96. The highest BCUT2D eigenvalue weighted by Crippen LogP contribution is 2.41. The normalized spacial score (nSPS) is 19.4. The van der Waals surface area contributed by atoms with Crippen LogP contribution >= 0.6 is 0 Å². The van der Waals surface area contributed by atoms with Gasteiger partial charge in [0.15, 0.2) is 0 Å². The van der Waals surface area contributed by atoms with E-state index >= 15 is 0 Å². The minimum absolute atomic E-state index is 0.0344. The van der Waals surface area contributed by atoms with Gasteiger partial charge in [-0.1, -0.05) is 19.9 Å². The molecule has 4 nitrogen and oxygen atoms in total. The Bertz CT molecular complexity index is 625. The van der Waals surface area contributed by atoms with Crippen LogP contribution in [0.2, 0.25) is 0 Å². The van der Waals surface area contributed by atoms with Crippen LogP contribution in [0.25, 0.3) is 0 Å². The molecule has 0 spiro atoms. The minimum atomic E-state index is -4.46. The van der Waals surface area contributed by atoms with Gasteiger partial charge < -0.3 is 10.2 Å². The smallest absolute Gasteiger partial charge is 0.342 e. The zero-order valence-corrected chi connectivity index (χ0v) is 14.4. The van der Waals surface area contributed by atoms with Gasteiger partial charge in [-0.25, -0.2) is 0 Å². The molecule has 1 aliphatic rings. The molecule has 1 fully saturated rings. The first kappa shape index (κ1) is 19.3. The van der Waals surface area contributed by atoms with E-state index in [4.69, 9.17) is 0 Å². The SMILES string of the molecule is CCCN(CCC)C(=O)C1CC1C(=O)Nc1cccc(C(F)(F)F)c1. The average molecular weight is 356 g/mol. The number of amides is 2. The number of anilines is 1. The lowest BCUT2D eigenvalue weighted by Crippen LogP contribution is -2.34. The van der Waals surface area contributed by atoms with E-state index in [1.54, 1.807) is 4.90 Å². The van der Waals surface area contributed by atoms with Crippen molar-refractivity contribution in [1.29, 1.82) is 0 Å². The van der Waals surface area contributed by atoms with Crippen LogP contribution in [0.3, 0.4) is 0 Å². The molecule has 7 heteroatoms. The van der Waals surface area contributed by atoms with E-state index in [1.165, 1.54) is 12.1 Å². The van der Waals surface area contributed by atoms with E-state index in [2.05, 4.69) is 5.32 Å². The standard InChI is InChI=1S/C18H23F3N2O2/c1-3-8-23(9-4-2)17(25)15-11-14(15)16(24)22-13-7-5-6-12(10-13)18(19,20)21/h5-7,10,14-15H,3-4,8-9,11H2,1-2H3,(H,22,24). The Morgan fingerprint density at radius 1 is 1.16 bits per heavy atom. The van der Waals surface area contributed by atoms with Gasteiger partial charge in [-0.2, -0.15) is 13.2 Å². The summed E-state index contributed by atoms with van der Waals surface area (Å²) in [5, 5.41) is 2.49. The first-order valence-electron chi connectivity index (χ1n) is 8.54. The fraction of sp³-hybridized carbons (Fsp3) is 0.556. The monoisotopic (exact) mass is 356 g/mol. The molecule has 0 bridgehead atoms.